The van der Waals surface area contributed by atoms with Crippen molar-refractivity contribution < 1.29 is 4.21 Å². The third-order valence-corrected chi connectivity index (χ3v) is 33.2. The SMILES string of the molecule is CN(C)P(=NP(N=P(N(C)C)(N(C)C)N(C)C)(N=P(N(C)C)(N(C)C)N(C)C)(N=P(N(C)C)(N(C)C)N(C)C)O[Si](C)(C)C)(N(C)C)N(C)C. The van der Waals surface area contributed by atoms with Crippen molar-refractivity contribution in [3.05, 3.63) is 0 Å². The van der Waals surface area contributed by atoms with Gasteiger partial charge in [0.15, 0.2) is 0 Å². The first-order valence-corrected chi connectivity index (χ1v) is 28.4. The van der Waals surface area contributed by atoms with Gasteiger partial charge in [-0.25, -0.2) is 0 Å². The molecular weight excluding hydrogens is 747 g/mol. The van der Waals surface area contributed by atoms with Gasteiger partial charge < -0.3 is 0 Å². The van der Waals surface area contributed by atoms with Crippen LogP contribution in [-0.4, -0.2) is 234 Å². The van der Waals surface area contributed by atoms with Crippen LogP contribution < -0.4 is 0 Å². The second-order valence-electron chi connectivity index (χ2n) is 15.7. The predicted molar refractivity (Wildman–Crippen MR) is 233 cm³/mol. The molecule has 0 unspecified atom stereocenters. The van der Waals surface area contributed by atoms with E-state index in [1.807, 2.05) is 0 Å². The van der Waals surface area contributed by atoms with Gasteiger partial charge in [0.25, 0.3) is 0 Å². The van der Waals surface area contributed by atoms with Gasteiger partial charge >= 0.3 is 313 Å². The second-order valence-corrected chi connectivity index (χ2v) is 39.2. The number of hydrogen-bond donors (Lipinski definition) is 0. The molecule has 0 bridgehead atoms. The van der Waals surface area contributed by atoms with Gasteiger partial charge in [-0.1, -0.05) is 0 Å². The summed E-state index contributed by atoms with van der Waals surface area (Å²) in [4.78, 5) is 0. The van der Waals surface area contributed by atoms with Crippen LogP contribution in [0.2, 0.25) is 19.6 Å². The molecule has 50 heavy (non-hydrogen) atoms. The van der Waals surface area contributed by atoms with Crippen LogP contribution >= 0.6 is 37.5 Å². The molecule has 0 aromatic heterocycles. The van der Waals surface area contributed by atoms with Gasteiger partial charge in [-0.15, -0.1) is 0 Å². The molecule has 0 saturated heterocycles. The molecule has 0 fully saturated rings. The molecule has 0 heterocycles. The summed E-state index contributed by atoms with van der Waals surface area (Å²) in [7, 11) is 31.3. The maximum absolute atomic E-state index is 8.03. The fraction of sp³-hybridized carbons (Fsp3) is 1.00. The van der Waals surface area contributed by atoms with Crippen molar-refractivity contribution in [2.45, 2.75) is 19.6 Å². The molecule has 0 aliphatic carbocycles. The van der Waals surface area contributed by atoms with E-state index in [2.05, 4.69) is 245 Å². The van der Waals surface area contributed by atoms with Gasteiger partial charge in [-0.05, 0) is 0 Å². The second kappa shape index (κ2) is 17.9. The number of rotatable bonds is 18. The first-order valence-electron chi connectivity index (χ1n) is 16.6. The first kappa shape index (κ1) is 51.0. The Morgan fingerprint density at radius 3 is 0.500 bits per heavy atom. The van der Waals surface area contributed by atoms with Gasteiger partial charge in [0, 0.05) is 0 Å². The zero-order valence-electron chi connectivity index (χ0n) is 37.3. The van der Waals surface area contributed by atoms with E-state index in [-0.39, 0.29) is 0 Å². The summed E-state index contributed by atoms with van der Waals surface area (Å²) in [5.74, 6) is 0. The van der Waals surface area contributed by atoms with Crippen molar-refractivity contribution in [2.75, 3.05) is 169 Å². The fourth-order valence-corrected chi connectivity index (χ4v) is 38.4. The van der Waals surface area contributed by atoms with Crippen LogP contribution in [0.15, 0.2) is 18.1 Å². The van der Waals surface area contributed by atoms with E-state index in [9.17, 15) is 0 Å². The first-order chi connectivity index (χ1) is 22.2. The van der Waals surface area contributed by atoms with Gasteiger partial charge in [0.2, 0.25) is 0 Å². The predicted octanol–water partition coefficient (Wildman–Crippen LogP) is 6.49. The Kier molecular flexibility index (Phi) is 18.3. The molecule has 23 heteroatoms. The summed E-state index contributed by atoms with van der Waals surface area (Å²) in [6.45, 7) is 6.65. The van der Waals surface area contributed by atoms with Crippen molar-refractivity contribution in [3.8, 4) is 0 Å². The normalized spacial score (nSPS) is 15.8. The average Bonchev–Trinajstić information content (AvgIpc) is 2.89. The Labute approximate surface area is 312 Å². The summed E-state index contributed by atoms with van der Waals surface area (Å²) in [6, 6.07) is 0. The van der Waals surface area contributed by atoms with Crippen molar-refractivity contribution in [1.29, 1.82) is 0 Å². The molecular formula is C27H81N16OP5Si. The Morgan fingerprint density at radius 2 is 0.420 bits per heavy atom. The average molecular weight is 829 g/mol. The zero-order chi connectivity index (χ0) is 40.4. The Hall–Kier alpha value is 1.05. The summed E-state index contributed by atoms with van der Waals surface area (Å²) in [6.07, 6.45) is 0. The standard InChI is InChI=1S/C27H81N16OP5Si/c1-32(2)45(33(3)4,34(5)6)28-49(44-50(25,26)27,29-46(35(7)8,36(9)10)37(11)12,30-47(38(13)14,39(15)16)40(17)18)31-48(41(19)20,42(21)22)43(23)24/h1-27H3. The van der Waals surface area contributed by atoms with E-state index in [0.29, 0.717) is 0 Å². The molecule has 0 spiro atoms. The van der Waals surface area contributed by atoms with E-state index in [4.69, 9.17) is 22.3 Å². The van der Waals surface area contributed by atoms with Crippen molar-refractivity contribution in [2.24, 2.45) is 18.1 Å². The van der Waals surface area contributed by atoms with Crippen LogP contribution in [0.1, 0.15) is 0 Å². The molecule has 0 aromatic carbocycles. The Morgan fingerprint density at radius 1 is 0.300 bits per heavy atom. The topological polar surface area (TPSA) is 97.5 Å². The zero-order valence-corrected chi connectivity index (χ0v) is 42.8. The van der Waals surface area contributed by atoms with Gasteiger partial charge in [0.05, 0.1) is 0 Å². The molecule has 17 nitrogen and oxygen atoms in total. The summed E-state index contributed by atoms with van der Waals surface area (Å²) < 4.78 is 60.1. The Bertz CT molecular complexity index is 1050. The molecule has 0 saturated carbocycles. The molecule has 0 rings (SSSR count). The van der Waals surface area contributed by atoms with Crippen molar-refractivity contribution >= 4 is 45.8 Å². The van der Waals surface area contributed by atoms with E-state index in [0.717, 1.165) is 0 Å². The molecule has 0 aliphatic rings. The third kappa shape index (κ3) is 9.70. The van der Waals surface area contributed by atoms with E-state index >= 15 is 0 Å². The van der Waals surface area contributed by atoms with Crippen molar-refractivity contribution in [1.82, 2.24) is 56.0 Å². The quantitative estimate of drug-likeness (QED) is 0.111. The minimum atomic E-state index is -5.07. The number of nitrogens with zero attached hydrogens (tertiary/aromatic N) is 16. The molecule has 0 radical (unpaired) electrons. The summed E-state index contributed by atoms with van der Waals surface area (Å²) in [5.41, 5.74) is 0. The van der Waals surface area contributed by atoms with Gasteiger partial charge in [0.1, 0.15) is 0 Å². The molecule has 0 amide bonds. The molecule has 0 aromatic rings. The Balaban J connectivity index is 11.4. The van der Waals surface area contributed by atoms with Crippen LogP contribution in [0.4, 0.5) is 0 Å². The van der Waals surface area contributed by atoms with Crippen LogP contribution in [0, 0.1) is 0 Å². The van der Waals surface area contributed by atoms with Gasteiger partial charge in [-0.2, -0.15) is 0 Å². The molecule has 304 valence electrons. The third-order valence-electron chi connectivity index (χ3n) is 7.98. The van der Waals surface area contributed by atoms with E-state index in [1.165, 1.54) is 0 Å². The monoisotopic (exact) mass is 829 g/mol. The van der Waals surface area contributed by atoms with Crippen LogP contribution in [0.5, 0.6) is 0 Å². The minimum absolute atomic E-state index is 2.10. The maximum atomic E-state index is 8.03. The number of hydrogen-bond acceptors (Lipinski definition) is 5. The van der Waals surface area contributed by atoms with E-state index < -0.39 is 45.8 Å². The van der Waals surface area contributed by atoms with Crippen molar-refractivity contribution in [3.63, 3.8) is 0 Å². The summed E-state index contributed by atoms with van der Waals surface area (Å²) >= 11 is 0. The van der Waals surface area contributed by atoms with Crippen LogP contribution in [0.25, 0.3) is 0 Å². The van der Waals surface area contributed by atoms with Gasteiger partial charge in [-0.3, -0.25) is 0 Å². The summed E-state index contributed by atoms with van der Waals surface area (Å²) in [5, 5.41) is 0. The van der Waals surface area contributed by atoms with Crippen LogP contribution in [-0.2, 0) is 4.21 Å². The molecule has 0 atom stereocenters. The molecule has 0 aliphatic heterocycles. The fourth-order valence-electron chi connectivity index (χ4n) is 6.76. The van der Waals surface area contributed by atoms with Crippen LogP contribution in [0.3, 0.4) is 0 Å². The van der Waals surface area contributed by atoms with E-state index in [1.54, 1.807) is 0 Å². The molecule has 0 N–H and O–H groups in total.